The van der Waals surface area contributed by atoms with E-state index in [1.165, 1.54) is 0 Å². The Morgan fingerprint density at radius 2 is 2.08 bits per heavy atom. The first-order valence-electron chi connectivity index (χ1n) is 8.71. The lowest BCUT2D eigenvalue weighted by Crippen LogP contribution is -2.39. The minimum Gasteiger partial charge on any atom is -0.363 e. The van der Waals surface area contributed by atoms with Crippen LogP contribution in [0, 0.1) is 0 Å². The lowest BCUT2D eigenvalue weighted by atomic mass is 9.74. The summed E-state index contributed by atoms with van der Waals surface area (Å²) >= 11 is 12.1. The number of pyridine rings is 1. The van der Waals surface area contributed by atoms with Crippen molar-refractivity contribution in [1.29, 1.82) is 0 Å². The fraction of sp³-hybridized carbons (Fsp3) is 0.400. The fourth-order valence-electron chi connectivity index (χ4n) is 3.74. The summed E-state index contributed by atoms with van der Waals surface area (Å²) in [5.41, 5.74) is -0.581. The van der Waals surface area contributed by atoms with Crippen LogP contribution in [0.15, 0.2) is 36.5 Å². The highest BCUT2D eigenvalue weighted by atomic mass is 35.5. The van der Waals surface area contributed by atoms with Crippen LogP contribution in [0.5, 0.6) is 0 Å². The molecule has 0 radical (unpaired) electrons. The number of Topliss-reactive ketones (excluding diaryl/α,β-unsaturated/α-hetero) is 1. The monoisotopic (exact) mass is 393 g/mol. The standard InChI is InChI=1S/C20H18Cl2FNO2/c21-14-7-6-13(16(22)11-14)3-1-5-17(25)20(23)9-8-19(12-26-19)18-15(20)4-2-10-24-18/h2,4,6-7,10-11H,1,3,5,8-9,12H2/t19-,20+/m1/s1. The van der Waals surface area contributed by atoms with Crippen molar-refractivity contribution in [2.24, 2.45) is 0 Å². The third-order valence-corrected chi connectivity index (χ3v) is 5.93. The molecule has 1 saturated heterocycles. The van der Waals surface area contributed by atoms with E-state index in [4.69, 9.17) is 27.9 Å². The molecule has 0 N–H and O–H groups in total. The van der Waals surface area contributed by atoms with Crippen molar-refractivity contribution in [2.45, 2.75) is 43.4 Å². The van der Waals surface area contributed by atoms with E-state index in [2.05, 4.69) is 4.98 Å². The number of aryl methyl sites for hydroxylation is 1. The van der Waals surface area contributed by atoms with Gasteiger partial charge in [-0.1, -0.05) is 35.3 Å². The zero-order valence-corrected chi connectivity index (χ0v) is 15.6. The molecule has 2 heterocycles. The van der Waals surface area contributed by atoms with Crippen LogP contribution < -0.4 is 0 Å². The number of alkyl halides is 1. The van der Waals surface area contributed by atoms with Crippen molar-refractivity contribution in [2.75, 3.05) is 6.61 Å². The van der Waals surface area contributed by atoms with Gasteiger partial charge in [-0.05, 0) is 49.4 Å². The number of carbonyl (C=O) groups is 1. The highest BCUT2D eigenvalue weighted by Crippen LogP contribution is 2.53. The second kappa shape index (κ2) is 6.59. The molecule has 2 aromatic rings. The molecule has 2 aliphatic rings. The Morgan fingerprint density at radius 3 is 2.81 bits per heavy atom. The van der Waals surface area contributed by atoms with Gasteiger partial charge < -0.3 is 4.74 Å². The van der Waals surface area contributed by atoms with Gasteiger partial charge in [-0.25, -0.2) is 4.39 Å². The molecule has 0 saturated carbocycles. The number of ether oxygens (including phenoxy) is 1. The van der Waals surface area contributed by atoms with Gasteiger partial charge >= 0.3 is 0 Å². The Balaban J connectivity index is 1.48. The van der Waals surface area contributed by atoms with Crippen molar-refractivity contribution in [3.8, 4) is 0 Å². The number of ketones is 1. The predicted molar refractivity (Wildman–Crippen MR) is 98.3 cm³/mol. The van der Waals surface area contributed by atoms with Crippen molar-refractivity contribution >= 4 is 29.0 Å². The van der Waals surface area contributed by atoms with E-state index in [1.54, 1.807) is 30.5 Å². The summed E-state index contributed by atoms with van der Waals surface area (Å²) in [7, 11) is 0. The average molecular weight is 394 g/mol. The summed E-state index contributed by atoms with van der Waals surface area (Å²) < 4.78 is 21.2. The number of rotatable bonds is 5. The van der Waals surface area contributed by atoms with Gasteiger partial charge in [0.1, 0.15) is 5.60 Å². The number of nitrogens with zero attached hydrogens (tertiary/aromatic N) is 1. The molecule has 26 heavy (non-hydrogen) atoms. The maximum Gasteiger partial charge on any atom is 0.195 e. The number of benzene rings is 1. The van der Waals surface area contributed by atoms with Gasteiger partial charge in [-0.15, -0.1) is 0 Å². The van der Waals surface area contributed by atoms with E-state index in [0.29, 0.717) is 47.2 Å². The lowest BCUT2D eigenvalue weighted by Gasteiger charge is -2.33. The molecule has 1 aliphatic carbocycles. The lowest BCUT2D eigenvalue weighted by molar-refractivity contribution is -0.132. The second-order valence-corrected chi connectivity index (χ2v) is 7.84. The first-order chi connectivity index (χ1) is 12.4. The van der Waals surface area contributed by atoms with E-state index < -0.39 is 17.1 Å². The van der Waals surface area contributed by atoms with Crippen LogP contribution >= 0.6 is 23.2 Å². The SMILES string of the molecule is O=C(CCCc1ccc(Cl)cc1Cl)[C@]1(F)CC[C@@]2(CO2)c2ncccc21. The minimum atomic E-state index is -1.98. The number of fused-ring (bicyclic) bond motifs is 2. The highest BCUT2D eigenvalue weighted by Gasteiger charge is 2.58. The third kappa shape index (κ3) is 3.04. The van der Waals surface area contributed by atoms with Gasteiger partial charge in [0, 0.05) is 28.2 Å². The van der Waals surface area contributed by atoms with Gasteiger partial charge in [-0.3, -0.25) is 9.78 Å². The highest BCUT2D eigenvalue weighted by molar-refractivity contribution is 6.35. The normalized spacial score (nSPS) is 26.6. The molecule has 1 aromatic heterocycles. The van der Waals surface area contributed by atoms with Crippen molar-refractivity contribution in [3.63, 3.8) is 0 Å². The van der Waals surface area contributed by atoms with Crippen molar-refractivity contribution < 1.29 is 13.9 Å². The molecule has 2 atom stereocenters. The molecule has 6 heteroatoms. The molecule has 1 aromatic carbocycles. The van der Waals surface area contributed by atoms with Crippen molar-refractivity contribution in [1.82, 2.24) is 4.98 Å². The van der Waals surface area contributed by atoms with Gasteiger partial charge in [0.15, 0.2) is 11.5 Å². The average Bonchev–Trinajstić information content (AvgIpc) is 3.41. The smallest absolute Gasteiger partial charge is 0.195 e. The van der Waals surface area contributed by atoms with Crippen LogP contribution in [-0.4, -0.2) is 17.4 Å². The topological polar surface area (TPSA) is 42.5 Å². The fourth-order valence-corrected chi connectivity index (χ4v) is 4.24. The molecule has 0 bridgehead atoms. The quantitative estimate of drug-likeness (QED) is 0.658. The summed E-state index contributed by atoms with van der Waals surface area (Å²) in [5, 5.41) is 1.14. The molecule has 3 nitrogen and oxygen atoms in total. The van der Waals surface area contributed by atoms with Gasteiger partial charge in [0.25, 0.3) is 0 Å². The number of hydrogen-bond donors (Lipinski definition) is 0. The first-order valence-corrected chi connectivity index (χ1v) is 9.46. The Morgan fingerprint density at radius 1 is 1.27 bits per heavy atom. The number of epoxide rings is 1. The maximum atomic E-state index is 15.7. The van der Waals surface area contributed by atoms with Crippen LogP contribution in [0.4, 0.5) is 4.39 Å². The summed E-state index contributed by atoms with van der Waals surface area (Å²) in [6.45, 7) is 0.552. The first kappa shape index (κ1) is 17.9. The second-order valence-electron chi connectivity index (χ2n) is 7.00. The van der Waals surface area contributed by atoms with Crippen molar-refractivity contribution in [3.05, 3.63) is 63.4 Å². The molecule has 1 aliphatic heterocycles. The maximum absolute atomic E-state index is 15.7. The van der Waals surface area contributed by atoms with Crippen LogP contribution in [0.3, 0.4) is 0 Å². The molecule has 0 unspecified atom stereocenters. The van der Waals surface area contributed by atoms with Gasteiger partial charge in [0.05, 0.1) is 12.3 Å². The summed E-state index contributed by atoms with van der Waals surface area (Å²) in [5.74, 6) is -0.396. The van der Waals surface area contributed by atoms with Crippen LogP contribution in [0.2, 0.25) is 10.0 Å². The van der Waals surface area contributed by atoms with Crippen LogP contribution in [0.25, 0.3) is 0 Å². The Hall–Kier alpha value is -1.49. The van der Waals surface area contributed by atoms with E-state index in [1.807, 2.05) is 6.07 Å². The zero-order chi connectivity index (χ0) is 18.4. The van der Waals surface area contributed by atoms with E-state index in [0.717, 1.165) is 5.56 Å². The zero-order valence-electron chi connectivity index (χ0n) is 14.1. The largest absolute Gasteiger partial charge is 0.363 e. The van der Waals surface area contributed by atoms with Crippen LogP contribution in [-0.2, 0) is 27.2 Å². The Labute approximate surface area is 161 Å². The molecular formula is C20H18Cl2FNO2. The molecule has 0 amide bonds. The summed E-state index contributed by atoms with van der Waals surface area (Å²) in [6.07, 6.45) is 3.54. The number of halogens is 3. The van der Waals surface area contributed by atoms with E-state index in [-0.39, 0.29) is 12.8 Å². The molecular weight excluding hydrogens is 376 g/mol. The number of carbonyl (C=O) groups excluding carboxylic acids is 1. The number of hydrogen-bond acceptors (Lipinski definition) is 3. The summed E-state index contributed by atoms with van der Waals surface area (Å²) in [6, 6.07) is 8.62. The molecule has 1 spiro atoms. The Kier molecular flexibility index (Phi) is 4.54. The molecule has 4 rings (SSSR count). The van der Waals surface area contributed by atoms with Gasteiger partial charge in [0.2, 0.25) is 0 Å². The minimum absolute atomic E-state index is 0.145. The van der Waals surface area contributed by atoms with Gasteiger partial charge in [-0.2, -0.15) is 0 Å². The van der Waals surface area contributed by atoms with E-state index >= 15 is 4.39 Å². The predicted octanol–water partition coefficient (Wildman–Crippen LogP) is 5.16. The molecule has 136 valence electrons. The number of aromatic nitrogens is 1. The Bertz CT molecular complexity index is 869. The molecule has 1 fully saturated rings. The van der Waals surface area contributed by atoms with E-state index in [9.17, 15) is 4.79 Å². The third-order valence-electron chi connectivity index (χ3n) is 5.34. The summed E-state index contributed by atoms with van der Waals surface area (Å²) in [4.78, 5) is 17.1. The van der Waals surface area contributed by atoms with Crippen LogP contribution in [0.1, 0.15) is 42.5 Å².